The summed E-state index contributed by atoms with van der Waals surface area (Å²) < 4.78 is 0. The Labute approximate surface area is 114 Å². The van der Waals surface area contributed by atoms with Gasteiger partial charge in [-0.3, -0.25) is 19.8 Å². The number of thiazole rings is 1. The van der Waals surface area contributed by atoms with Crippen molar-refractivity contribution in [3.05, 3.63) is 16.1 Å². The number of alkyl halides is 1. The van der Waals surface area contributed by atoms with Crippen molar-refractivity contribution < 1.29 is 9.59 Å². The van der Waals surface area contributed by atoms with Gasteiger partial charge in [0, 0.05) is 5.38 Å². The molecule has 1 unspecified atom stereocenters. The van der Waals surface area contributed by atoms with Gasteiger partial charge in [0.2, 0.25) is 11.8 Å². The third-order valence-corrected chi connectivity index (χ3v) is 3.97. The van der Waals surface area contributed by atoms with Gasteiger partial charge < -0.3 is 0 Å². The fraction of sp³-hybridized carbons (Fsp3) is 0.545. The van der Waals surface area contributed by atoms with Crippen LogP contribution in [-0.4, -0.2) is 34.3 Å². The number of piperazine rings is 1. The van der Waals surface area contributed by atoms with Crippen molar-refractivity contribution >= 4 is 34.8 Å². The number of aromatic nitrogens is 1. The first-order valence-electron chi connectivity index (χ1n) is 5.71. The topological polar surface area (TPSA) is 62.3 Å². The minimum atomic E-state index is -0.258. The minimum Gasteiger partial charge on any atom is -0.294 e. The van der Waals surface area contributed by atoms with Gasteiger partial charge in [-0.2, -0.15) is 0 Å². The molecule has 1 aromatic rings. The van der Waals surface area contributed by atoms with Crippen LogP contribution in [0.3, 0.4) is 0 Å². The van der Waals surface area contributed by atoms with Crippen LogP contribution in [0, 0.1) is 0 Å². The molecule has 1 N–H and O–H groups in total. The van der Waals surface area contributed by atoms with Crippen LogP contribution in [-0.2, 0) is 22.0 Å². The molecule has 2 rings (SSSR count). The highest BCUT2D eigenvalue weighted by atomic mass is 35.5. The molecule has 18 heavy (non-hydrogen) atoms. The van der Waals surface area contributed by atoms with E-state index in [1.54, 1.807) is 0 Å². The summed E-state index contributed by atoms with van der Waals surface area (Å²) >= 11 is 7.20. The van der Waals surface area contributed by atoms with Gasteiger partial charge in [0.15, 0.2) is 0 Å². The Hall–Kier alpha value is -0.980. The van der Waals surface area contributed by atoms with Crippen molar-refractivity contribution in [3.8, 4) is 0 Å². The van der Waals surface area contributed by atoms with E-state index in [1.165, 1.54) is 11.3 Å². The number of rotatable bonds is 4. The molecule has 0 spiro atoms. The Kier molecular flexibility index (Phi) is 4.31. The molecular formula is C11H14ClN3O2S. The highest BCUT2D eigenvalue weighted by Gasteiger charge is 2.32. The molecule has 0 radical (unpaired) electrons. The van der Waals surface area contributed by atoms with Gasteiger partial charge in [0.25, 0.3) is 0 Å². The summed E-state index contributed by atoms with van der Waals surface area (Å²) in [5.74, 6) is -0.0886. The number of hydrogen-bond acceptors (Lipinski definition) is 5. The van der Waals surface area contributed by atoms with Crippen molar-refractivity contribution in [2.24, 2.45) is 0 Å². The summed E-state index contributed by atoms with van der Waals surface area (Å²) in [5.41, 5.74) is 0.831. The lowest BCUT2D eigenvalue weighted by Crippen LogP contribution is -2.57. The average Bonchev–Trinajstić information content (AvgIpc) is 2.76. The van der Waals surface area contributed by atoms with Gasteiger partial charge >= 0.3 is 0 Å². The minimum absolute atomic E-state index is 0.220. The second-order valence-corrected chi connectivity index (χ2v) is 5.32. The van der Waals surface area contributed by atoms with Gasteiger partial charge in [0.05, 0.1) is 30.7 Å². The van der Waals surface area contributed by atoms with Crippen LogP contribution in [0.4, 0.5) is 0 Å². The Morgan fingerprint density at radius 1 is 1.61 bits per heavy atom. The van der Waals surface area contributed by atoms with Crippen molar-refractivity contribution in [2.45, 2.75) is 31.8 Å². The zero-order valence-electron chi connectivity index (χ0n) is 9.98. The van der Waals surface area contributed by atoms with E-state index in [0.29, 0.717) is 18.8 Å². The first-order valence-corrected chi connectivity index (χ1v) is 7.12. The summed E-state index contributed by atoms with van der Waals surface area (Å²) in [6.45, 7) is 2.68. The second-order valence-electron chi connectivity index (χ2n) is 4.11. The number of nitrogens with one attached hydrogen (secondary N) is 1. The van der Waals surface area contributed by atoms with Gasteiger partial charge in [-0.05, 0) is 6.42 Å². The number of halogens is 1. The van der Waals surface area contributed by atoms with Crippen molar-refractivity contribution in [1.29, 1.82) is 0 Å². The van der Waals surface area contributed by atoms with E-state index in [1.807, 2.05) is 17.2 Å². The quantitative estimate of drug-likeness (QED) is 0.666. The van der Waals surface area contributed by atoms with Crippen LogP contribution in [0.5, 0.6) is 0 Å². The van der Waals surface area contributed by atoms with Crippen molar-refractivity contribution in [2.75, 3.05) is 6.54 Å². The Balaban J connectivity index is 2.09. The molecule has 1 fully saturated rings. The van der Waals surface area contributed by atoms with E-state index in [2.05, 4.69) is 10.3 Å². The van der Waals surface area contributed by atoms with Crippen LogP contribution in [0.2, 0.25) is 0 Å². The smallest absolute Gasteiger partial charge is 0.243 e. The number of imide groups is 1. The normalized spacial score (nSPS) is 21.1. The molecule has 0 aliphatic carbocycles. The first-order chi connectivity index (χ1) is 8.63. The molecule has 1 aromatic heterocycles. The average molecular weight is 288 g/mol. The molecule has 0 bridgehead atoms. The fourth-order valence-electron chi connectivity index (χ4n) is 1.99. The lowest BCUT2D eigenvalue weighted by Gasteiger charge is -2.32. The second kappa shape index (κ2) is 5.77. The highest BCUT2D eigenvalue weighted by molar-refractivity contribution is 7.09. The van der Waals surface area contributed by atoms with Gasteiger partial charge in [-0.1, -0.05) is 6.92 Å². The summed E-state index contributed by atoms with van der Waals surface area (Å²) in [6.07, 6.45) is 0.673. The predicted octanol–water partition coefficient (Wildman–Crippen LogP) is 1.12. The molecule has 7 heteroatoms. The van der Waals surface area contributed by atoms with E-state index in [-0.39, 0.29) is 24.4 Å². The molecule has 2 amide bonds. The van der Waals surface area contributed by atoms with Crippen LogP contribution in [0.1, 0.15) is 24.0 Å². The predicted molar refractivity (Wildman–Crippen MR) is 69.3 cm³/mol. The van der Waals surface area contributed by atoms with Gasteiger partial charge in [0.1, 0.15) is 5.01 Å². The first kappa shape index (κ1) is 13.5. The van der Waals surface area contributed by atoms with E-state index in [9.17, 15) is 9.59 Å². The Morgan fingerprint density at radius 3 is 3.00 bits per heavy atom. The molecule has 1 aliphatic rings. The molecule has 1 saturated heterocycles. The Morgan fingerprint density at radius 2 is 2.39 bits per heavy atom. The number of carbonyl (C=O) groups excluding carboxylic acids is 2. The summed E-state index contributed by atoms with van der Waals surface area (Å²) in [6, 6.07) is -0.258. The zero-order chi connectivity index (χ0) is 13.1. The van der Waals surface area contributed by atoms with E-state index < -0.39 is 0 Å². The molecule has 0 saturated carbocycles. The SMILES string of the molecule is CCC1C(=O)NC(=O)CN1Cc1nc(CCl)cs1. The number of nitrogens with zero attached hydrogens (tertiary/aromatic N) is 2. The van der Waals surface area contributed by atoms with Gasteiger partial charge in [-0.25, -0.2) is 4.98 Å². The summed E-state index contributed by atoms with van der Waals surface area (Å²) in [5, 5.41) is 5.13. The van der Waals surface area contributed by atoms with Gasteiger partial charge in [-0.15, -0.1) is 22.9 Å². The van der Waals surface area contributed by atoms with E-state index in [4.69, 9.17) is 11.6 Å². The monoisotopic (exact) mass is 287 g/mol. The van der Waals surface area contributed by atoms with Crippen molar-refractivity contribution in [3.63, 3.8) is 0 Å². The zero-order valence-corrected chi connectivity index (χ0v) is 11.6. The maximum atomic E-state index is 11.7. The molecule has 2 heterocycles. The maximum absolute atomic E-state index is 11.7. The van der Waals surface area contributed by atoms with Crippen LogP contribution in [0.25, 0.3) is 0 Å². The van der Waals surface area contributed by atoms with E-state index >= 15 is 0 Å². The van der Waals surface area contributed by atoms with E-state index in [0.717, 1.165) is 10.7 Å². The molecular weight excluding hydrogens is 274 g/mol. The standard InChI is InChI=1S/C11H14ClN3O2S/c1-2-8-11(17)14-9(16)4-15(8)5-10-13-7(3-12)6-18-10/h6,8H,2-5H2,1H3,(H,14,16,17). The molecule has 0 aromatic carbocycles. The molecule has 5 nitrogen and oxygen atoms in total. The van der Waals surface area contributed by atoms with Crippen LogP contribution >= 0.6 is 22.9 Å². The lowest BCUT2D eigenvalue weighted by atomic mass is 10.1. The summed E-state index contributed by atoms with van der Waals surface area (Å²) in [7, 11) is 0. The molecule has 1 aliphatic heterocycles. The van der Waals surface area contributed by atoms with Crippen molar-refractivity contribution in [1.82, 2.24) is 15.2 Å². The maximum Gasteiger partial charge on any atom is 0.243 e. The lowest BCUT2D eigenvalue weighted by molar-refractivity contribution is -0.140. The third kappa shape index (κ3) is 2.88. The highest BCUT2D eigenvalue weighted by Crippen LogP contribution is 2.17. The largest absolute Gasteiger partial charge is 0.294 e. The van der Waals surface area contributed by atoms with Crippen LogP contribution in [0.15, 0.2) is 5.38 Å². The number of hydrogen-bond donors (Lipinski definition) is 1. The Bertz CT molecular complexity index is 463. The summed E-state index contributed by atoms with van der Waals surface area (Å²) in [4.78, 5) is 29.3. The molecule has 98 valence electrons. The fourth-order valence-corrected chi connectivity index (χ4v) is 3.03. The third-order valence-electron chi connectivity index (χ3n) is 2.81. The number of carbonyl (C=O) groups is 2. The van der Waals surface area contributed by atoms with Crippen LogP contribution < -0.4 is 5.32 Å². The number of amides is 2. The molecule has 1 atom stereocenters.